The molecular formula is C9H6F4O2. The summed E-state index contributed by atoms with van der Waals surface area (Å²) in [6.07, 6.45) is -4.95. The van der Waals surface area contributed by atoms with Crippen LogP contribution in [0.1, 0.15) is 17.3 Å². The lowest BCUT2D eigenvalue weighted by atomic mass is 10.1. The minimum Gasteiger partial charge on any atom is -0.403 e. The van der Waals surface area contributed by atoms with Crippen LogP contribution >= 0.6 is 0 Å². The third-order valence-corrected chi connectivity index (χ3v) is 1.56. The molecule has 0 fully saturated rings. The molecule has 0 radical (unpaired) electrons. The van der Waals surface area contributed by atoms with Gasteiger partial charge >= 0.3 is 6.36 Å². The van der Waals surface area contributed by atoms with E-state index < -0.39 is 23.7 Å². The first-order chi connectivity index (χ1) is 6.79. The van der Waals surface area contributed by atoms with Crippen LogP contribution in [0.4, 0.5) is 17.6 Å². The van der Waals surface area contributed by atoms with E-state index in [2.05, 4.69) is 4.74 Å². The van der Waals surface area contributed by atoms with Crippen LogP contribution in [0, 0.1) is 5.82 Å². The molecule has 0 heterocycles. The first-order valence-corrected chi connectivity index (χ1v) is 3.86. The van der Waals surface area contributed by atoms with E-state index in [0.29, 0.717) is 6.07 Å². The van der Waals surface area contributed by atoms with Crippen LogP contribution in [0.25, 0.3) is 0 Å². The van der Waals surface area contributed by atoms with Gasteiger partial charge in [0.15, 0.2) is 17.3 Å². The molecule has 1 aromatic carbocycles. The minimum atomic E-state index is -4.95. The molecule has 15 heavy (non-hydrogen) atoms. The van der Waals surface area contributed by atoms with Gasteiger partial charge in [0.1, 0.15) is 0 Å². The molecule has 0 amide bonds. The highest BCUT2D eigenvalue weighted by molar-refractivity contribution is 5.94. The Bertz CT molecular complexity index is 384. The van der Waals surface area contributed by atoms with E-state index in [4.69, 9.17) is 0 Å². The molecule has 1 aromatic rings. The zero-order valence-corrected chi connectivity index (χ0v) is 7.56. The average molecular weight is 222 g/mol. The number of benzene rings is 1. The van der Waals surface area contributed by atoms with Gasteiger partial charge in [-0.1, -0.05) is 0 Å². The molecule has 0 bridgehead atoms. The van der Waals surface area contributed by atoms with E-state index in [-0.39, 0.29) is 5.56 Å². The minimum absolute atomic E-state index is 0.0120. The normalized spacial score (nSPS) is 11.3. The fraction of sp³-hybridized carbons (Fsp3) is 0.222. The standard InChI is InChI=1S/C9H6F4O2/c1-5(14)6-2-3-8(7(10)4-6)15-9(11,12)13/h2-4H,1H3. The zero-order valence-electron chi connectivity index (χ0n) is 7.56. The Hall–Kier alpha value is -1.59. The maximum atomic E-state index is 13.0. The fourth-order valence-corrected chi connectivity index (χ4v) is 0.927. The number of alkyl halides is 3. The van der Waals surface area contributed by atoms with Crippen LogP contribution in [0.15, 0.2) is 18.2 Å². The van der Waals surface area contributed by atoms with Crippen molar-refractivity contribution in [1.82, 2.24) is 0 Å². The monoisotopic (exact) mass is 222 g/mol. The molecule has 0 saturated heterocycles. The van der Waals surface area contributed by atoms with E-state index in [1.165, 1.54) is 6.92 Å². The second-order valence-corrected chi connectivity index (χ2v) is 2.75. The van der Waals surface area contributed by atoms with Crippen LogP contribution in [-0.2, 0) is 0 Å². The Kier molecular flexibility index (Phi) is 2.97. The number of carbonyl (C=O) groups is 1. The van der Waals surface area contributed by atoms with Gasteiger partial charge in [0.25, 0.3) is 0 Å². The number of Topliss-reactive ketones (excluding diaryl/α,β-unsaturated/α-hetero) is 1. The summed E-state index contributed by atoms with van der Waals surface area (Å²) < 4.78 is 51.5. The number of hydrogen-bond acceptors (Lipinski definition) is 2. The number of carbonyl (C=O) groups excluding carboxylic acids is 1. The van der Waals surface area contributed by atoms with Crippen molar-refractivity contribution in [3.05, 3.63) is 29.6 Å². The van der Waals surface area contributed by atoms with Crippen molar-refractivity contribution < 1.29 is 27.1 Å². The van der Waals surface area contributed by atoms with Gasteiger partial charge in [-0.05, 0) is 25.1 Å². The summed E-state index contributed by atoms with van der Waals surface area (Å²) in [5, 5.41) is 0. The zero-order chi connectivity index (χ0) is 11.6. The molecule has 82 valence electrons. The molecule has 1 rings (SSSR count). The van der Waals surface area contributed by atoms with Crippen LogP contribution in [0.3, 0.4) is 0 Å². The summed E-state index contributed by atoms with van der Waals surface area (Å²) in [6, 6.07) is 2.52. The quantitative estimate of drug-likeness (QED) is 0.568. The number of rotatable bonds is 2. The van der Waals surface area contributed by atoms with Crippen LogP contribution in [0.2, 0.25) is 0 Å². The molecule has 0 unspecified atom stereocenters. The molecule has 2 nitrogen and oxygen atoms in total. The Morgan fingerprint density at radius 1 is 1.33 bits per heavy atom. The summed E-state index contributed by atoms with van der Waals surface area (Å²) in [6.45, 7) is 1.18. The predicted octanol–water partition coefficient (Wildman–Crippen LogP) is 2.93. The Morgan fingerprint density at radius 3 is 2.33 bits per heavy atom. The molecule has 0 aliphatic heterocycles. The highest BCUT2D eigenvalue weighted by Gasteiger charge is 2.32. The van der Waals surface area contributed by atoms with E-state index in [9.17, 15) is 22.4 Å². The van der Waals surface area contributed by atoms with Crippen molar-refractivity contribution >= 4 is 5.78 Å². The number of ketones is 1. The molecule has 6 heteroatoms. The van der Waals surface area contributed by atoms with E-state index in [1.807, 2.05) is 0 Å². The maximum absolute atomic E-state index is 13.0. The van der Waals surface area contributed by atoms with Gasteiger partial charge in [-0.3, -0.25) is 4.79 Å². The van der Waals surface area contributed by atoms with E-state index in [1.54, 1.807) is 0 Å². The second-order valence-electron chi connectivity index (χ2n) is 2.75. The van der Waals surface area contributed by atoms with Gasteiger partial charge in [-0.2, -0.15) is 0 Å². The van der Waals surface area contributed by atoms with Gasteiger partial charge in [0.05, 0.1) is 0 Å². The van der Waals surface area contributed by atoms with Gasteiger partial charge < -0.3 is 4.74 Å². The Labute approximate surface area is 82.5 Å². The van der Waals surface area contributed by atoms with Crippen LogP contribution in [0.5, 0.6) is 5.75 Å². The maximum Gasteiger partial charge on any atom is 0.573 e. The molecule has 0 saturated carbocycles. The SMILES string of the molecule is CC(=O)c1ccc(OC(F)(F)F)c(F)c1. The van der Waals surface area contributed by atoms with Gasteiger partial charge in [-0.25, -0.2) is 4.39 Å². The lowest BCUT2D eigenvalue weighted by Gasteiger charge is -2.09. The average Bonchev–Trinajstić information content (AvgIpc) is 2.05. The molecule has 0 aliphatic carbocycles. The first kappa shape index (κ1) is 11.5. The third-order valence-electron chi connectivity index (χ3n) is 1.56. The Balaban J connectivity index is 2.99. The molecule has 0 aliphatic rings. The molecule has 0 spiro atoms. The highest BCUT2D eigenvalue weighted by Crippen LogP contribution is 2.26. The van der Waals surface area contributed by atoms with Crippen molar-refractivity contribution in [3.8, 4) is 5.75 Å². The first-order valence-electron chi connectivity index (χ1n) is 3.86. The lowest BCUT2D eigenvalue weighted by Crippen LogP contribution is -2.18. The molecule has 0 atom stereocenters. The van der Waals surface area contributed by atoms with Gasteiger partial charge in [0.2, 0.25) is 0 Å². The number of hydrogen-bond donors (Lipinski definition) is 0. The van der Waals surface area contributed by atoms with E-state index in [0.717, 1.165) is 12.1 Å². The highest BCUT2D eigenvalue weighted by atomic mass is 19.4. The smallest absolute Gasteiger partial charge is 0.403 e. The lowest BCUT2D eigenvalue weighted by molar-refractivity contribution is -0.275. The molecular weight excluding hydrogens is 216 g/mol. The van der Waals surface area contributed by atoms with Crippen molar-refractivity contribution in [2.75, 3.05) is 0 Å². The van der Waals surface area contributed by atoms with Gasteiger partial charge in [0, 0.05) is 5.56 Å². The number of ether oxygens (including phenoxy) is 1. The van der Waals surface area contributed by atoms with E-state index >= 15 is 0 Å². The van der Waals surface area contributed by atoms with Crippen LogP contribution in [-0.4, -0.2) is 12.1 Å². The summed E-state index contributed by atoms with van der Waals surface area (Å²) in [5.74, 6) is -2.61. The molecule has 0 N–H and O–H groups in total. The summed E-state index contributed by atoms with van der Waals surface area (Å²) in [4.78, 5) is 10.8. The molecule has 0 aromatic heterocycles. The summed E-state index contributed by atoms with van der Waals surface area (Å²) in [7, 11) is 0. The largest absolute Gasteiger partial charge is 0.573 e. The number of halogens is 4. The third kappa shape index (κ3) is 3.23. The van der Waals surface area contributed by atoms with Gasteiger partial charge in [-0.15, -0.1) is 13.2 Å². The van der Waals surface area contributed by atoms with Crippen LogP contribution < -0.4 is 4.74 Å². The fourth-order valence-electron chi connectivity index (χ4n) is 0.927. The summed E-state index contributed by atoms with van der Waals surface area (Å²) in [5.41, 5.74) is -0.0120. The van der Waals surface area contributed by atoms with Crippen molar-refractivity contribution in [2.45, 2.75) is 13.3 Å². The van der Waals surface area contributed by atoms with Crippen molar-refractivity contribution in [1.29, 1.82) is 0 Å². The summed E-state index contributed by atoms with van der Waals surface area (Å²) >= 11 is 0. The van der Waals surface area contributed by atoms with Crippen molar-refractivity contribution in [2.24, 2.45) is 0 Å². The van der Waals surface area contributed by atoms with Crippen molar-refractivity contribution in [3.63, 3.8) is 0 Å². The topological polar surface area (TPSA) is 26.3 Å². The Morgan fingerprint density at radius 2 is 1.93 bits per heavy atom. The predicted molar refractivity (Wildman–Crippen MR) is 43.1 cm³/mol. The second kappa shape index (κ2) is 3.88.